The molecule has 2 aromatic heterocycles. The molecule has 3 aromatic rings. The lowest BCUT2D eigenvalue weighted by Crippen LogP contribution is -2.10. The summed E-state index contributed by atoms with van der Waals surface area (Å²) in [6, 6.07) is 9.14. The molecule has 0 amide bonds. The lowest BCUT2D eigenvalue weighted by molar-refractivity contribution is 0.593. The predicted molar refractivity (Wildman–Crippen MR) is 79.1 cm³/mol. The van der Waals surface area contributed by atoms with E-state index < -0.39 is 9.84 Å². The van der Waals surface area contributed by atoms with Crippen molar-refractivity contribution in [2.24, 2.45) is 0 Å². The zero-order valence-corrected chi connectivity index (χ0v) is 12.8. The molecule has 0 spiro atoms. The third-order valence-electron chi connectivity index (χ3n) is 2.99. The second-order valence-electron chi connectivity index (χ2n) is 4.56. The number of benzene rings is 1. The topological polar surface area (TPSA) is 77.7 Å². The third-order valence-corrected chi connectivity index (χ3v) is 5.43. The average Bonchev–Trinajstić information content (AvgIpc) is 3.10. The lowest BCUT2D eigenvalue weighted by atomic mass is 10.2. The Balaban J connectivity index is 1.95. The van der Waals surface area contributed by atoms with Crippen LogP contribution >= 0.6 is 11.3 Å². The Labute approximate surface area is 126 Å². The van der Waals surface area contributed by atoms with Crippen LogP contribution in [-0.4, -0.2) is 28.6 Å². The molecule has 0 N–H and O–H groups in total. The predicted octanol–water partition coefficient (Wildman–Crippen LogP) is 2.01. The van der Waals surface area contributed by atoms with E-state index in [4.69, 9.17) is 0 Å². The number of nitrogens with zero attached hydrogens (tertiary/aromatic N) is 4. The summed E-state index contributed by atoms with van der Waals surface area (Å²) >= 11 is 1.34. The Kier molecular flexibility index (Phi) is 3.56. The summed E-state index contributed by atoms with van der Waals surface area (Å²) in [6.07, 6.45) is 0. The maximum Gasteiger partial charge on any atom is 0.186 e. The van der Waals surface area contributed by atoms with E-state index in [9.17, 15) is 8.42 Å². The number of aromatic nitrogens is 4. The van der Waals surface area contributed by atoms with E-state index in [0.29, 0.717) is 10.7 Å². The van der Waals surface area contributed by atoms with Gasteiger partial charge in [-0.15, -0.1) is 5.10 Å². The number of thiophene rings is 1. The van der Waals surface area contributed by atoms with Gasteiger partial charge in [-0.25, -0.2) is 8.42 Å². The summed E-state index contributed by atoms with van der Waals surface area (Å²) in [7, 11) is -3.43. The molecule has 0 aliphatic heterocycles. The maximum atomic E-state index is 12.3. The van der Waals surface area contributed by atoms with Crippen molar-refractivity contribution in [3.8, 4) is 5.69 Å². The van der Waals surface area contributed by atoms with E-state index in [1.54, 1.807) is 16.8 Å². The molecule has 0 aliphatic carbocycles. The Bertz CT molecular complexity index is 837. The summed E-state index contributed by atoms with van der Waals surface area (Å²) in [5, 5.41) is 14.6. The van der Waals surface area contributed by atoms with Gasteiger partial charge in [-0.1, -0.05) is 17.7 Å². The van der Waals surface area contributed by atoms with Gasteiger partial charge in [-0.05, 0) is 40.9 Å². The largest absolute Gasteiger partial charge is 0.223 e. The molecule has 3 rings (SSSR count). The highest BCUT2D eigenvalue weighted by atomic mass is 32.2. The van der Waals surface area contributed by atoms with Gasteiger partial charge in [0.2, 0.25) is 0 Å². The first kappa shape index (κ1) is 13.9. The minimum absolute atomic E-state index is 0.232. The van der Waals surface area contributed by atoms with Crippen LogP contribution in [-0.2, 0) is 15.6 Å². The van der Waals surface area contributed by atoms with E-state index in [2.05, 4.69) is 15.5 Å². The molecule has 21 heavy (non-hydrogen) atoms. The van der Waals surface area contributed by atoms with Gasteiger partial charge < -0.3 is 0 Å². The standard InChI is InChI=1S/C13H12N4O2S2/c1-10-2-4-11(5-3-10)17-13(14-15-16-17)9-21(18,19)12-6-7-20-8-12/h2-8H,9H2,1H3. The van der Waals surface area contributed by atoms with Crippen LogP contribution in [0.5, 0.6) is 0 Å². The van der Waals surface area contributed by atoms with Crippen molar-refractivity contribution in [2.75, 3.05) is 0 Å². The molecular formula is C13H12N4O2S2. The van der Waals surface area contributed by atoms with E-state index in [1.807, 2.05) is 31.2 Å². The summed E-state index contributed by atoms with van der Waals surface area (Å²) in [5.74, 6) is 0.0648. The number of aryl methyl sites for hydroxylation is 1. The van der Waals surface area contributed by atoms with Gasteiger partial charge in [0.15, 0.2) is 15.7 Å². The first-order valence-electron chi connectivity index (χ1n) is 6.15. The molecule has 0 bridgehead atoms. The van der Waals surface area contributed by atoms with Crippen LogP contribution in [0, 0.1) is 6.92 Å². The molecule has 0 atom stereocenters. The molecule has 0 fully saturated rings. The Hall–Kier alpha value is -2.06. The number of hydrogen-bond acceptors (Lipinski definition) is 6. The lowest BCUT2D eigenvalue weighted by Gasteiger charge is -2.05. The Morgan fingerprint density at radius 1 is 1.19 bits per heavy atom. The molecule has 0 unspecified atom stereocenters. The molecule has 0 saturated carbocycles. The van der Waals surface area contributed by atoms with Crippen LogP contribution in [0.2, 0.25) is 0 Å². The van der Waals surface area contributed by atoms with Crippen LogP contribution in [0.25, 0.3) is 5.69 Å². The number of tetrazole rings is 1. The second-order valence-corrected chi connectivity index (χ2v) is 7.33. The second kappa shape index (κ2) is 5.38. The summed E-state index contributed by atoms with van der Waals surface area (Å²) in [5.41, 5.74) is 1.85. The van der Waals surface area contributed by atoms with E-state index in [-0.39, 0.29) is 5.75 Å². The van der Waals surface area contributed by atoms with Crippen molar-refractivity contribution < 1.29 is 8.42 Å². The van der Waals surface area contributed by atoms with Crippen LogP contribution in [0.1, 0.15) is 11.4 Å². The Morgan fingerprint density at radius 2 is 1.95 bits per heavy atom. The van der Waals surface area contributed by atoms with Gasteiger partial charge in [0, 0.05) is 5.38 Å². The van der Waals surface area contributed by atoms with Crippen LogP contribution in [0.15, 0.2) is 46.0 Å². The van der Waals surface area contributed by atoms with Gasteiger partial charge in [0.1, 0.15) is 5.75 Å². The monoisotopic (exact) mass is 320 g/mol. The third kappa shape index (κ3) is 2.86. The van der Waals surface area contributed by atoms with Crippen LogP contribution in [0.4, 0.5) is 0 Å². The van der Waals surface area contributed by atoms with Crippen molar-refractivity contribution >= 4 is 21.2 Å². The highest BCUT2D eigenvalue weighted by Crippen LogP contribution is 2.19. The van der Waals surface area contributed by atoms with E-state index in [1.165, 1.54) is 16.0 Å². The van der Waals surface area contributed by atoms with Crippen molar-refractivity contribution in [3.05, 3.63) is 52.5 Å². The minimum atomic E-state index is -3.43. The normalized spacial score (nSPS) is 11.7. The van der Waals surface area contributed by atoms with Gasteiger partial charge in [-0.2, -0.15) is 16.0 Å². The summed E-state index contributed by atoms with van der Waals surface area (Å²) in [6.45, 7) is 1.98. The first-order valence-corrected chi connectivity index (χ1v) is 8.75. The smallest absolute Gasteiger partial charge is 0.186 e. The molecule has 0 radical (unpaired) electrons. The molecule has 2 heterocycles. The fourth-order valence-electron chi connectivity index (χ4n) is 1.86. The molecule has 8 heteroatoms. The zero-order chi connectivity index (χ0) is 14.9. The number of hydrogen-bond donors (Lipinski definition) is 0. The molecule has 0 aliphatic rings. The first-order chi connectivity index (χ1) is 10.1. The fourth-order valence-corrected chi connectivity index (χ4v) is 4.18. The highest BCUT2D eigenvalue weighted by molar-refractivity contribution is 7.90. The zero-order valence-electron chi connectivity index (χ0n) is 11.2. The number of sulfone groups is 1. The van der Waals surface area contributed by atoms with E-state index in [0.717, 1.165) is 11.3 Å². The molecule has 1 aromatic carbocycles. The minimum Gasteiger partial charge on any atom is -0.223 e. The maximum absolute atomic E-state index is 12.3. The van der Waals surface area contributed by atoms with Gasteiger partial charge >= 0.3 is 0 Å². The molecule has 108 valence electrons. The van der Waals surface area contributed by atoms with Crippen molar-refractivity contribution in [1.29, 1.82) is 0 Å². The Morgan fingerprint density at radius 3 is 2.62 bits per heavy atom. The number of rotatable bonds is 4. The summed E-state index contributed by atoms with van der Waals surface area (Å²) in [4.78, 5) is 0.297. The summed E-state index contributed by atoms with van der Waals surface area (Å²) < 4.78 is 26.0. The van der Waals surface area contributed by atoms with Crippen molar-refractivity contribution in [2.45, 2.75) is 17.6 Å². The van der Waals surface area contributed by atoms with Crippen LogP contribution in [0.3, 0.4) is 0 Å². The SMILES string of the molecule is Cc1ccc(-n2nnnc2CS(=O)(=O)c2ccsc2)cc1. The van der Waals surface area contributed by atoms with Gasteiger partial charge in [0.05, 0.1) is 10.6 Å². The average molecular weight is 320 g/mol. The highest BCUT2D eigenvalue weighted by Gasteiger charge is 2.20. The van der Waals surface area contributed by atoms with E-state index >= 15 is 0 Å². The van der Waals surface area contributed by atoms with Crippen molar-refractivity contribution in [1.82, 2.24) is 20.2 Å². The molecular weight excluding hydrogens is 308 g/mol. The molecule has 0 saturated heterocycles. The fraction of sp³-hybridized carbons (Fsp3) is 0.154. The van der Waals surface area contributed by atoms with Gasteiger partial charge in [0.25, 0.3) is 0 Å². The van der Waals surface area contributed by atoms with Gasteiger partial charge in [-0.3, -0.25) is 0 Å². The molecule has 6 nitrogen and oxygen atoms in total. The van der Waals surface area contributed by atoms with Crippen molar-refractivity contribution in [3.63, 3.8) is 0 Å². The van der Waals surface area contributed by atoms with Crippen LogP contribution < -0.4 is 0 Å². The quantitative estimate of drug-likeness (QED) is 0.735.